The number of hydrogen-bond acceptors (Lipinski definition) is 2. The maximum Gasteiger partial charge on any atom is 0.0717 e. The Morgan fingerprint density at radius 2 is 1.76 bits per heavy atom. The van der Waals surface area contributed by atoms with Crippen LogP contribution in [-0.4, -0.2) is 12.6 Å². The lowest BCUT2D eigenvalue weighted by atomic mass is 10.2. The van der Waals surface area contributed by atoms with Crippen LogP contribution in [0.2, 0.25) is 5.02 Å². The number of rotatable bonds is 8. The molecular formula is C18H22ClNO. The zero-order valence-corrected chi connectivity index (χ0v) is 13.1. The summed E-state index contributed by atoms with van der Waals surface area (Å²) in [6.45, 7) is 4.30. The summed E-state index contributed by atoms with van der Waals surface area (Å²) in [6, 6.07) is 18.5. The van der Waals surface area contributed by atoms with Gasteiger partial charge in [-0.2, -0.15) is 0 Å². The average Bonchev–Trinajstić information content (AvgIpc) is 2.53. The number of benzene rings is 2. The van der Waals surface area contributed by atoms with Crippen molar-refractivity contribution in [2.75, 3.05) is 6.61 Å². The van der Waals surface area contributed by atoms with Crippen molar-refractivity contribution in [1.29, 1.82) is 0 Å². The molecule has 3 heteroatoms. The first-order valence-electron chi connectivity index (χ1n) is 7.38. The molecule has 0 aliphatic rings. The standard InChI is InChI=1S/C18H22ClNO/c1-2-17(14-21-13-15-8-4-3-5-9-15)20-12-16-10-6-7-11-18(16)19/h3-11,17,20H,2,12-14H2,1H3/t17-/m0/s1. The van der Waals surface area contributed by atoms with Gasteiger partial charge in [0.25, 0.3) is 0 Å². The van der Waals surface area contributed by atoms with Crippen LogP contribution in [0.1, 0.15) is 24.5 Å². The molecule has 0 fully saturated rings. The fourth-order valence-electron chi connectivity index (χ4n) is 2.11. The third-order valence-electron chi connectivity index (χ3n) is 3.46. The van der Waals surface area contributed by atoms with E-state index in [2.05, 4.69) is 24.4 Å². The SMILES string of the molecule is CC[C@@H](COCc1ccccc1)NCc1ccccc1Cl. The first-order chi connectivity index (χ1) is 10.3. The second-order valence-electron chi connectivity index (χ2n) is 5.08. The number of halogens is 1. The Morgan fingerprint density at radius 1 is 1.05 bits per heavy atom. The fraction of sp³-hybridized carbons (Fsp3) is 0.333. The van der Waals surface area contributed by atoms with Crippen LogP contribution >= 0.6 is 11.6 Å². The van der Waals surface area contributed by atoms with Crippen molar-refractivity contribution in [2.24, 2.45) is 0 Å². The lowest BCUT2D eigenvalue weighted by molar-refractivity contribution is 0.0970. The highest BCUT2D eigenvalue weighted by Crippen LogP contribution is 2.14. The maximum absolute atomic E-state index is 6.16. The van der Waals surface area contributed by atoms with Gasteiger partial charge in [0, 0.05) is 17.6 Å². The summed E-state index contributed by atoms with van der Waals surface area (Å²) in [7, 11) is 0. The molecule has 2 aromatic carbocycles. The van der Waals surface area contributed by atoms with Gasteiger partial charge in [-0.05, 0) is 23.6 Å². The first kappa shape index (κ1) is 16.0. The monoisotopic (exact) mass is 303 g/mol. The Balaban J connectivity index is 1.74. The minimum atomic E-state index is 0.338. The molecule has 0 aliphatic heterocycles. The molecule has 1 N–H and O–H groups in total. The van der Waals surface area contributed by atoms with Crippen LogP contribution in [0.3, 0.4) is 0 Å². The maximum atomic E-state index is 6.16. The lowest BCUT2D eigenvalue weighted by Gasteiger charge is -2.17. The summed E-state index contributed by atoms with van der Waals surface area (Å²) in [5, 5.41) is 4.31. The van der Waals surface area contributed by atoms with Gasteiger partial charge in [-0.15, -0.1) is 0 Å². The topological polar surface area (TPSA) is 21.3 Å². The third kappa shape index (κ3) is 5.50. The van der Waals surface area contributed by atoms with Crippen molar-refractivity contribution in [3.05, 3.63) is 70.7 Å². The van der Waals surface area contributed by atoms with E-state index in [9.17, 15) is 0 Å². The van der Waals surface area contributed by atoms with E-state index in [1.807, 2.05) is 42.5 Å². The smallest absolute Gasteiger partial charge is 0.0717 e. The van der Waals surface area contributed by atoms with E-state index >= 15 is 0 Å². The molecule has 2 nitrogen and oxygen atoms in total. The molecule has 0 aromatic heterocycles. The van der Waals surface area contributed by atoms with E-state index in [-0.39, 0.29) is 0 Å². The Labute approximate surface area is 132 Å². The summed E-state index contributed by atoms with van der Waals surface area (Å²) >= 11 is 6.16. The Hall–Kier alpha value is -1.35. The van der Waals surface area contributed by atoms with Crippen molar-refractivity contribution in [3.63, 3.8) is 0 Å². The summed E-state index contributed by atoms with van der Waals surface area (Å²) in [4.78, 5) is 0. The largest absolute Gasteiger partial charge is 0.375 e. The van der Waals surface area contributed by atoms with E-state index in [4.69, 9.17) is 16.3 Å². The summed E-state index contributed by atoms with van der Waals surface area (Å²) < 4.78 is 5.80. The van der Waals surface area contributed by atoms with E-state index in [1.165, 1.54) is 5.56 Å². The van der Waals surface area contributed by atoms with Crippen molar-refractivity contribution in [2.45, 2.75) is 32.5 Å². The van der Waals surface area contributed by atoms with Crippen molar-refractivity contribution in [1.82, 2.24) is 5.32 Å². The minimum absolute atomic E-state index is 0.338. The molecule has 0 bridgehead atoms. The predicted molar refractivity (Wildman–Crippen MR) is 88.5 cm³/mol. The van der Waals surface area contributed by atoms with Gasteiger partial charge in [0.15, 0.2) is 0 Å². The van der Waals surface area contributed by atoms with Crippen LogP contribution < -0.4 is 5.32 Å². The molecule has 2 rings (SSSR count). The van der Waals surface area contributed by atoms with Crippen LogP contribution in [0.4, 0.5) is 0 Å². The van der Waals surface area contributed by atoms with Gasteiger partial charge in [-0.25, -0.2) is 0 Å². The molecule has 1 atom stereocenters. The zero-order chi connectivity index (χ0) is 14.9. The molecular weight excluding hydrogens is 282 g/mol. The molecule has 0 heterocycles. The average molecular weight is 304 g/mol. The van der Waals surface area contributed by atoms with Gasteiger partial charge in [0.2, 0.25) is 0 Å². The highest BCUT2D eigenvalue weighted by molar-refractivity contribution is 6.31. The zero-order valence-electron chi connectivity index (χ0n) is 12.4. The molecule has 0 aliphatic carbocycles. The van der Waals surface area contributed by atoms with Crippen molar-refractivity contribution < 1.29 is 4.74 Å². The molecule has 0 amide bonds. The highest BCUT2D eigenvalue weighted by atomic mass is 35.5. The summed E-state index contributed by atoms with van der Waals surface area (Å²) in [6.07, 6.45) is 1.03. The molecule has 0 saturated carbocycles. The van der Waals surface area contributed by atoms with Gasteiger partial charge >= 0.3 is 0 Å². The Bertz CT molecular complexity index is 530. The van der Waals surface area contributed by atoms with Gasteiger partial charge < -0.3 is 10.1 Å². The van der Waals surface area contributed by atoms with E-state index in [1.54, 1.807) is 0 Å². The van der Waals surface area contributed by atoms with E-state index in [0.717, 1.165) is 23.6 Å². The van der Waals surface area contributed by atoms with Crippen molar-refractivity contribution >= 4 is 11.6 Å². The van der Waals surface area contributed by atoms with E-state index in [0.29, 0.717) is 19.3 Å². The second-order valence-corrected chi connectivity index (χ2v) is 5.49. The molecule has 2 aromatic rings. The van der Waals surface area contributed by atoms with Crippen LogP contribution in [0, 0.1) is 0 Å². The quantitative estimate of drug-likeness (QED) is 0.779. The first-order valence-corrected chi connectivity index (χ1v) is 7.76. The molecule has 0 saturated heterocycles. The molecule has 112 valence electrons. The van der Waals surface area contributed by atoms with Gasteiger partial charge in [0.05, 0.1) is 13.2 Å². The van der Waals surface area contributed by atoms with Gasteiger partial charge in [0.1, 0.15) is 0 Å². The van der Waals surface area contributed by atoms with Gasteiger partial charge in [-0.1, -0.05) is 67.1 Å². The lowest BCUT2D eigenvalue weighted by Crippen LogP contribution is -2.32. The predicted octanol–water partition coefficient (Wildman–Crippen LogP) is 4.43. The fourth-order valence-corrected chi connectivity index (χ4v) is 2.31. The van der Waals surface area contributed by atoms with Crippen LogP contribution in [-0.2, 0) is 17.9 Å². The van der Waals surface area contributed by atoms with Crippen LogP contribution in [0.25, 0.3) is 0 Å². The minimum Gasteiger partial charge on any atom is -0.375 e. The Morgan fingerprint density at radius 3 is 2.48 bits per heavy atom. The number of hydrogen-bond donors (Lipinski definition) is 1. The Kier molecular flexibility index (Phi) is 6.74. The molecule has 0 radical (unpaired) electrons. The summed E-state index contributed by atoms with van der Waals surface area (Å²) in [5.74, 6) is 0. The third-order valence-corrected chi connectivity index (χ3v) is 3.83. The van der Waals surface area contributed by atoms with Crippen molar-refractivity contribution in [3.8, 4) is 0 Å². The normalized spacial score (nSPS) is 12.3. The summed E-state index contributed by atoms with van der Waals surface area (Å²) in [5.41, 5.74) is 2.33. The van der Waals surface area contributed by atoms with E-state index < -0.39 is 0 Å². The van der Waals surface area contributed by atoms with Crippen LogP contribution in [0.15, 0.2) is 54.6 Å². The highest BCUT2D eigenvalue weighted by Gasteiger charge is 2.07. The number of nitrogens with one attached hydrogen (secondary N) is 1. The molecule has 0 unspecified atom stereocenters. The molecule has 21 heavy (non-hydrogen) atoms. The molecule has 0 spiro atoms. The van der Waals surface area contributed by atoms with Gasteiger partial charge in [-0.3, -0.25) is 0 Å². The van der Waals surface area contributed by atoms with Crippen LogP contribution in [0.5, 0.6) is 0 Å². The number of ether oxygens (including phenoxy) is 1. The second kappa shape index (κ2) is 8.83.